The molecule has 0 heterocycles. The van der Waals surface area contributed by atoms with E-state index in [1.54, 1.807) is 54.6 Å². The maximum atomic E-state index is 17.3. The summed E-state index contributed by atoms with van der Waals surface area (Å²) < 4.78 is 43.0. The van der Waals surface area contributed by atoms with Gasteiger partial charge in [-0.05, 0) is 73.2 Å². The molecule has 1 aliphatic carbocycles. The van der Waals surface area contributed by atoms with Crippen LogP contribution in [-0.2, 0) is 20.7 Å². The van der Waals surface area contributed by atoms with Crippen LogP contribution in [0.25, 0.3) is 0 Å². The molecule has 1 N–H and O–H groups in total. The Hall–Kier alpha value is -3.45. The summed E-state index contributed by atoms with van der Waals surface area (Å²) in [6.07, 6.45) is 0.930. The summed E-state index contributed by atoms with van der Waals surface area (Å²) >= 11 is 6.02. The quantitative estimate of drug-likeness (QED) is 0.283. The average Bonchev–Trinajstić information content (AvgIpc) is 3.67. The molecule has 1 saturated carbocycles. The minimum atomic E-state index is -3.01. The maximum absolute atomic E-state index is 17.3. The molecule has 3 atom stereocenters. The summed E-state index contributed by atoms with van der Waals surface area (Å²) in [5, 5.41) is 10.8. The van der Waals surface area contributed by atoms with Gasteiger partial charge >= 0.3 is 11.9 Å². The number of carbonyl (C=O) groups is 2. The highest BCUT2D eigenvalue weighted by Gasteiger charge is 2.65. The first kappa shape index (κ1) is 26.6. The molecule has 0 unspecified atom stereocenters. The second-order valence-electron chi connectivity index (χ2n) is 9.56. The van der Waals surface area contributed by atoms with Gasteiger partial charge in [0.25, 0.3) is 5.67 Å². The second kappa shape index (κ2) is 10.5. The first-order chi connectivity index (χ1) is 17.5. The van der Waals surface area contributed by atoms with Crippen LogP contribution in [0.3, 0.4) is 0 Å². The summed E-state index contributed by atoms with van der Waals surface area (Å²) in [5.41, 5.74) is -4.37. The van der Waals surface area contributed by atoms with Crippen LogP contribution in [0.1, 0.15) is 43.7 Å². The second-order valence-corrected chi connectivity index (χ2v) is 10.0. The van der Waals surface area contributed by atoms with E-state index in [1.807, 2.05) is 0 Å². The van der Waals surface area contributed by atoms with Crippen LogP contribution in [0.4, 0.5) is 8.78 Å². The maximum Gasteiger partial charge on any atom is 0.346 e. The number of carboxylic acids is 1. The molecule has 1 aliphatic rings. The van der Waals surface area contributed by atoms with E-state index in [0.29, 0.717) is 34.7 Å². The Bertz CT molecular complexity index is 1280. The minimum absolute atomic E-state index is 0.120. The summed E-state index contributed by atoms with van der Waals surface area (Å²) in [7, 11) is 0. The van der Waals surface area contributed by atoms with Gasteiger partial charge in [0.15, 0.2) is 17.2 Å². The van der Waals surface area contributed by atoms with Crippen LogP contribution in [0.5, 0.6) is 11.5 Å². The Kier molecular flexibility index (Phi) is 7.55. The molecule has 0 aliphatic heterocycles. The van der Waals surface area contributed by atoms with Gasteiger partial charge in [0.2, 0.25) is 0 Å². The summed E-state index contributed by atoms with van der Waals surface area (Å²) in [6.45, 7) is 2.37. The number of benzene rings is 3. The molecular formula is C29H27ClF2O5. The molecule has 0 saturated heterocycles. The number of esters is 1. The third-order valence-corrected chi connectivity index (χ3v) is 6.96. The lowest BCUT2D eigenvalue weighted by molar-refractivity contribution is -0.194. The molecule has 0 radical (unpaired) electrons. The number of carbonyl (C=O) groups excluding carboxylic acids is 1. The average molecular weight is 529 g/mol. The van der Waals surface area contributed by atoms with Crippen LogP contribution < -0.4 is 4.74 Å². The number of para-hydroxylation sites is 1. The van der Waals surface area contributed by atoms with Crippen LogP contribution in [0.15, 0.2) is 72.8 Å². The highest BCUT2D eigenvalue weighted by Crippen LogP contribution is 2.55. The van der Waals surface area contributed by atoms with Gasteiger partial charge in [0, 0.05) is 24.3 Å². The SMILES string of the molecule is CC(=O)O[C@](C)(Cc1ccc(F)c(Oc2ccccc2)c1)[C@](F)(C(=O)O)[C@H](c1ccc(Cl)cc1)C1CC1. The zero-order chi connectivity index (χ0) is 26.8. The molecule has 5 nitrogen and oxygen atoms in total. The monoisotopic (exact) mass is 528 g/mol. The van der Waals surface area contributed by atoms with Gasteiger partial charge in [-0.2, -0.15) is 0 Å². The molecule has 0 aromatic heterocycles. The zero-order valence-electron chi connectivity index (χ0n) is 20.4. The number of rotatable bonds is 10. The van der Waals surface area contributed by atoms with E-state index < -0.39 is 34.9 Å². The molecule has 0 amide bonds. The Morgan fingerprint density at radius 1 is 1.08 bits per heavy atom. The standard InChI is InChI=1S/C29H27ClF2O5/c1-18(33)37-28(2,17-19-8-15-24(31)25(16-19)36-23-6-4-3-5-7-23)29(32,27(34)35)26(20-9-10-20)21-11-13-22(30)14-12-21/h3-8,11-16,20,26H,9-10,17H2,1-2H3,(H,34,35)/t26-,28+,29+/m0/s1. The van der Waals surface area contributed by atoms with E-state index in [2.05, 4.69) is 0 Å². The Labute approximate surface area is 219 Å². The predicted molar refractivity (Wildman–Crippen MR) is 135 cm³/mol. The molecule has 37 heavy (non-hydrogen) atoms. The number of hydrogen-bond donors (Lipinski definition) is 1. The van der Waals surface area contributed by atoms with Crippen LogP contribution in [0, 0.1) is 11.7 Å². The largest absolute Gasteiger partial charge is 0.479 e. The molecule has 0 bridgehead atoms. The summed E-state index contributed by atoms with van der Waals surface area (Å²) in [6, 6.07) is 18.8. The van der Waals surface area contributed by atoms with E-state index in [4.69, 9.17) is 21.1 Å². The predicted octanol–water partition coefficient (Wildman–Crippen LogP) is 7.12. The van der Waals surface area contributed by atoms with Gasteiger partial charge in [-0.25, -0.2) is 13.6 Å². The summed E-state index contributed by atoms with van der Waals surface area (Å²) in [5.74, 6) is -4.32. The van der Waals surface area contributed by atoms with Gasteiger partial charge in [0.1, 0.15) is 5.75 Å². The van der Waals surface area contributed by atoms with E-state index in [-0.39, 0.29) is 18.1 Å². The number of alkyl halides is 1. The Morgan fingerprint density at radius 2 is 1.73 bits per heavy atom. The highest BCUT2D eigenvalue weighted by molar-refractivity contribution is 6.30. The molecule has 3 aromatic rings. The van der Waals surface area contributed by atoms with Crippen LogP contribution in [-0.4, -0.2) is 28.3 Å². The minimum Gasteiger partial charge on any atom is -0.479 e. The molecule has 8 heteroatoms. The van der Waals surface area contributed by atoms with E-state index >= 15 is 4.39 Å². The molecule has 194 valence electrons. The first-order valence-electron chi connectivity index (χ1n) is 11.9. The van der Waals surface area contributed by atoms with Gasteiger partial charge in [-0.15, -0.1) is 0 Å². The van der Waals surface area contributed by atoms with Crippen molar-refractivity contribution in [3.8, 4) is 11.5 Å². The van der Waals surface area contributed by atoms with Crippen molar-refractivity contribution in [3.63, 3.8) is 0 Å². The lowest BCUT2D eigenvalue weighted by Gasteiger charge is -2.44. The van der Waals surface area contributed by atoms with Crippen molar-refractivity contribution in [1.82, 2.24) is 0 Å². The van der Waals surface area contributed by atoms with Crippen molar-refractivity contribution in [1.29, 1.82) is 0 Å². The number of aliphatic carboxylic acids is 1. The van der Waals surface area contributed by atoms with Crippen LogP contribution >= 0.6 is 11.6 Å². The lowest BCUT2D eigenvalue weighted by Crippen LogP contribution is -2.61. The van der Waals surface area contributed by atoms with Crippen molar-refractivity contribution in [2.24, 2.45) is 5.92 Å². The number of carboxylic acid groups (broad SMARTS) is 1. The fourth-order valence-corrected chi connectivity index (χ4v) is 5.04. The van der Waals surface area contributed by atoms with E-state index in [0.717, 1.165) is 13.0 Å². The van der Waals surface area contributed by atoms with Crippen molar-refractivity contribution >= 4 is 23.5 Å². The lowest BCUT2D eigenvalue weighted by atomic mass is 9.68. The fraction of sp³-hybridized carbons (Fsp3) is 0.310. The molecule has 1 fully saturated rings. The van der Waals surface area contributed by atoms with Gasteiger partial charge in [-0.3, -0.25) is 4.79 Å². The zero-order valence-corrected chi connectivity index (χ0v) is 21.2. The molecule has 3 aromatic carbocycles. The van der Waals surface area contributed by atoms with Crippen LogP contribution in [0.2, 0.25) is 5.02 Å². The van der Waals surface area contributed by atoms with Gasteiger partial charge in [0.05, 0.1) is 0 Å². The smallest absolute Gasteiger partial charge is 0.346 e. The van der Waals surface area contributed by atoms with E-state index in [9.17, 15) is 19.1 Å². The third-order valence-electron chi connectivity index (χ3n) is 6.71. The molecule has 4 rings (SSSR count). The fourth-order valence-electron chi connectivity index (χ4n) is 4.91. The topological polar surface area (TPSA) is 72.8 Å². The molecular weight excluding hydrogens is 502 g/mol. The highest BCUT2D eigenvalue weighted by atomic mass is 35.5. The van der Waals surface area contributed by atoms with E-state index in [1.165, 1.54) is 19.1 Å². The Balaban J connectivity index is 1.77. The van der Waals surface area contributed by atoms with Gasteiger partial charge in [-0.1, -0.05) is 48.0 Å². The van der Waals surface area contributed by atoms with Crippen molar-refractivity contribution in [3.05, 3.63) is 94.8 Å². The van der Waals surface area contributed by atoms with Crippen molar-refractivity contribution in [2.75, 3.05) is 0 Å². The van der Waals surface area contributed by atoms with Gasteiger partial charge < -0.3 is 14.6 Å². The summed E-state index contributed by atoms with van der Waals surface area (Å²) in [4.78, 5) is 24.9. The van der Waals surface area contributed by atoms with Crippen molar-refractivity contribution < 1.29 is 33.0 Å². The number of halogens is 3. The first-order valence-corrected chi connectivity index (χ1v) is 12.3. The third kappa shape index (κ3) is 5.62. The number of ether oxygens (including phenoxy) is 2. The number of hydrogen-bond acceptors (Lipinski definition) is 4. The normalized spacial score (nSPS) is 17.2. The Morgan fingerprint density at radius 3 is 2.30 bits per heavy atom. The molecule has 0 spiro atoms. The van der Waals surface area contributed by atoms with Crippen molar-refractivity contribution in [2.45, 2.75) is 50.3 Å².